The molecule has 0 saturated heterocycles. The van der Waals surface area contributed by atoms with Crippen LogP contribution in [0, 0.1) is 13.8 Å². The molecule has 0 unspecified atom stereocenters. The van der Waals surface area contributed by atoms with Crippen molar-refractivity contribution in [2.75, 3.05) is 0 Å². The Hall–Kier alpha value is -3.20. The zero-order valence-electron chi connectivity index (χ0n) is 19.3. The molecule has 0 atom stereocenters. The fourth-order valence-corrected chi connectivity index (χ4v) is 5.90. The van der Waals surface area contributed by atoms with Crippen LogP contribution in [0.25, 0.3) is 44.1 Å². The first-order valence-electron chi connectivity index (χ1n) is 12.4. The number of hydrogen-bond acceptors (Lipinski definition) is 3. The molecule has 3 aromatic heterocycles. The maximum Gasteiger partial charge on any atom is 0.227 e. The topological polar surface area (TPSA) is 38.9 Å². The molecule has 3 heterocycles. The summed E-state index contributed by atoms with van der Waals surface area (Å²) >= 11 is 0. The summed E-state index contributed by atoms with van der Waals surface area (Å²) in [6.07, 6.45) is 10.1. The third-order valence-electron chi connectivity index (χ3n) is 7.76. The van der Waals surface area contributed by atoms with E-state index >= 15 is 0 Å². The van der Waals surface area contributed by atoms with Gasteiger partial charge in [0.15, 0.2) is 0 Å². The van der Waals surface area contributed by atoms with Gasteiger partial charge in [-0.05, 0) is 97.7 Å². The Balaban J connectivity index is 1.50. The van der Waals surface area contributed by atoms with Crippen LogP contribution in [-0.4, -0.2) is 9.97 Å². The highest BCUT2D eigenvalue weighted by Gasteiger charge is 2.28. The first-order valence-corrected chi connectivity index (χ1v) is 12.4. The van der Waals surface area contributed by atoms with Crippen molar-refractivity contribution in [2.45, 2.75) is 64.2 Å². The number of aryl methyl sites for hydroxylation is 2. The van der Waals surface area contributed by atoms with E-state index in [1.54, 1.807) is 0 Å². The van der Waals surface area contributed by atoms with Gasteiger partial charge in [0.05, 0.1) is 5.69 Å². The minimum Gasteiger partial charge on any atom is -0.437 e. The second kappa shape index (κ2) is 7.15. The Morgan fingerprint density at radius 1 is 0.788 bits per heavy atom. The Bertz CT molecular complexity index is 1550. The molecule has 3 heteroatoms. The van der Waals surface area contributed by atoms with E-state index in [1.165, 1.54) is 66.0 Å². The number of furan rings is 1. The number of rotatable bonds is 3. The Labute approximate surface area is 193 Å². The summed E-state index contributed by atoms with van der Waals surface area (Å²) in [6.45, 7) is 4.16. The summed E-state index contributed by atoms with van der Waals surface area (Å²) in [5.41, 5.74) is 8.82. The lowest BCUT2D eigenvalue weighted by Crippen LogP contribution is -1.96. The summed E-state index contributed by atoms with van der Waals surface area (Å²) in [5.74, 6) is 1.39. The normalized spacial score (nSPS) is 17.0. The van der Waals surface area contributed by atoms with Crippen molar-refractivity contribution >= 4 is 32.8 Å². The molecule has 0 radical (unpaired) electrons. The van der Waals surface area contributed by atoms with Crippen molar-refractivity contribution in [1.29, 1.82) is 0 Å². The van der Waals surface area contributed by atoms with Crippen molar-refractivity contribution in [3.8, 4) is 11.3 Å². The third-order valence-corrected chi connectivity index (χ3v) is 7.76. The number of nitrogens with zero attached hydrogens (tertiary/aromatic N) is 2. The second-order valence-corrected chi connectivity index (χ2v) is 10.2. The predicted octanol–water partition coefficient (Wildman–Crippen LogP) is 8.35. The van der Waals surface area contributed by atoms with Crippen LogP contribution in [0.5, 0.6) is 0 Å². The molecule has 33 heavy (non-hydrogen) atoms. The van der Waals surface area contributed by atoms with Crippen molar-refractivity contribution < 1.29 is 4.42 Å². The van der Waals surface area contributed by atoms with Crippen molar-refractivity contribution in [3.05, 3.63) is 71.0 Å². The predicted molar refractivity (Wildman–Crippen MR) is 135 cm³/mol. The zero-order chi connectivity index (χ0) is 22.1. The maximum absolute atomic E-state index is 6.37. The van der Waals surface area contributed by atoms with Crippen molar-refractivity contribution in [3.63, 3.8) is 0 Å². The van der Waals surface area contributed by atoms with Gasteiger partial charge >= 0.3 is 0 Å². The van der Waals surface area contributed by atoms with Gasteiger partial charge in [-0.1, -0.05) is 31.0 Å². The number of hydrogen-bond donors (Lipinski definition) is 0. The van der Waals surface area contributed by atoms with Crippen LogP contribution in [0.2, 0.25) is 0 Å². The summed E-state index contributed by atoms with van der Waals surface area (Å²) < 4.78 is 6.37. The Morgan fingerprint density at radius 2 is 1.61 bits per heavy atom. The molecule has 7 rings (SSSR count). The van der Waals surface area contributed by atoms with Gasteiger partial charge in [-0.2, -0.15) is 0 Å². The van der Waals surface area contributed by atoms with E-state index in [9.17, 15) is 0 Å². The third kappa shape index (κ3) is 3.09. The molecule has 0 N–H and O–H groups in total. The molecule has 0 bridgehead atoms. The summed E-state index contributed by atoms with van der Waals surface area (Å²) in [7, 11) is 0. The van der Waals surface area contributed by atoms with Crippen LogP contribution in [0.1, 0.15) is 72.7 Å². The molecule has 164 valence electrons. The molecule has 2 saturated carbocycles. The number of fused-ring (bicyclic) bond motifs is 4. The van der Waals surface area contributed by atoms with Crippen molar-refractivity contribution in [2.24, 2.45) is 0 Å². The highest BCUT2D eigenvalue weighted by atomic mass is 16.3. The number of aromatic nitrogens is 2. The molecule has 3 nitrogen and oxygen atoms in total. The largest absolute Gasteiger partial charge is 0.437 e. The SMILES string of the molecule is Cc1cc(-c2ncc(C3CC3)c3cc(C4CCCC4)ccc23)c2oc3nc(C)ccc3c2c1. The van der Waals surface area contributed by atoms with Crippen LogP contribution >= 0.6 is 0 Å². The average molecular weight is 433 g/mol. The standard InChI is InChI=1S/C30H28N2O/c1-17-13-25-23-11-7-18(2)32-30(23)33-29(25)26(14-17)28-22-12-10-21(19-5-3-4-6-19)15-24(22)27(16-31-28)20-8-9-20/h7,10-16,19-20H,3-6,8-9H2,1-2H3. The first-order chi connectivity index (χ1) is 16.2. The lowest BCUT2D eigenvalue weighted by molar-refractivity contribution is 0.653. The highest BCUT2D eigenvalue weighted by molar-refractivity contribution is 6.11. The number of pyridine rings is 2. The smallest absolute Gasteiger partial charge is 0.227 e. The molecule has 2 fully saturated rings. The van der Waals surface area contributed by atoms with Crippen molar-refractivity contribution in [1.82, 2.24) is 9.97 Å². The van der Waals surface area contributed by atoms with Gasteiger partial charge in [0.2, 0.25) is 5.71 Å². The van der Waals surface area contributed by atoms with E-state index in [-0.39, 0.29) is 0 Å². The Kier molecular flexibility index (Phi) is 4.18. The van der Waals surface area contributed by atoms with Crippen LogP contribution in [0.3, 0.4) is 0 Å². The average Bonchev–Trinajstić information content (AvgIpc) is 3.38. The first kappa shape index (κ1) is 19.3. The van der Waals surface area contributed by atoms with Crippen LogP contribution in [0.15, 0.2) is 53.1 Å². The van der Waals surface area contributed by atoms with E-state index in [1.807, 2.05) is 6.92 Å². The van der Waals surface area contributed by atoms with Gasteiger partial charge < -0.3 is 4.42 Å². The monoisotopic (exact) mass is 432 g/mol. The molecule has 5 aromatic rings. The van der Waals surface area contributed by atoms with E-state index < -0.39 is 0 Å². The lowest BCUT2D eigenvalue weighted by Gasteiger charge is -2.15. The van der Waals surface area contributed by atoms with Gasteiger partial charge in [-0.15, -0.1) is 0 Å². The zero-order valence-corrected chi connectivity index (χ0v) is 19.3. The summed E-state index contributed by atoms with van der Waals surface area (Å²) in [6, 6.07) is 15.8. The van der Waals surface area contributed by atoms with Gasteiger partial charge in [0, 0.05) is 33.6 Å². The minimum absolute atomic E-state index is 0.670. The highest BCUT2D eigenvalue weighted by Crippen LogP contribution is 2.46. The molecular formula is C30H28N2O. The fourth-order valence-electron chi connectivity index (χ4n) is 5.90. The summed E-state index contributed by atoms with van der Waals surface area (Å²) in [5, 5.41) is 4.84. The molecule has 0 amide bonds. The molecule has 0 spiro atoms. The fraction of sp³-hybridized carbons (Fsp3) is 0.333. The molecule has 0 aliphatic heterocycles. The van der Waals surface area contributed by atoms with Gasteiger partial charge in [-0.25, -0.2) is 4.98 Å². The van der Waals surface area contributed by atoms with Gasteiger partial charge in [-0.3, -0.25) is 4.98 Å². The molecule has 2 aliphatic carbocycles. The van der Waals surface area contributed by atoms with Crippen LogP contribution < -0.4 is 0 Å². The molecule has 2 aromatic carbocycles. The molecular weight excluding hydrogens is 404 g/mol. The lowest BCUT2D eigenvalue weighted by atomic mass is 9.91. The van der Waals surface area contributed by atoms with E-state index in [2.05, 4.69) is 60.6 Å². The Morgan fingerprint density at radius 3 is 2.42 bits per heavy atom. The minimum atomic E-state index is 0.670. The molecule has 2 aliphatic rings. The van der Waals surface area contributed by atoms with Gasteiger partial charge in [0.25, 0.3) is 0 Å². The van der Waals surface area contributed by atoms with Gasteiger partial charge in [0.1, 0.15) is 5.58 Å². The van der Waals surface area contributed by atoms with E-state index in [0.29, 0.717) is 17.5 Å². The summed E-state index contributed by atoms with van der Waals surface area (Å²) in [4.78, 5) is 9.72. The van der Waals surface area contributed by atoms with Crippen LogP contribution in [-0.2, 0) is 0 Å². The second-order valence-electron chi connectivity index (χ2n) is 10.2. The quantitative estimate of drug-likeness (QED) is 0.287. The maximum atomic E-state index is 6.37. The van der Waals surface area contributed by atoms with E-state index in [0.717, 1.165) is 33.3 Å². The van der Waals surface area contributed by atoms with Crippen LogP contribution in [0.4, 0.5) is 0 Å². The number of benzene rings is 2. The van der Waals surface area contributed by atoms with E-state index in [4.69, 9.17) is 9.40 Å².